The summed E-state index contributed by atoms with van der Waals surface area (Å²) in [5.74, 6) is 0. The van der Waals surface area contributed by atoms with E-state index >= 15 is 0 Å². The van der Waals surface area contributed by atoms with Gasteiger partial charge in [-0.25, -0.2) is 0 Å². The van der Waals surface area contributed by atoms with Crippen LogP contribution in [0.25, 0.3) is 0 Å². The molecule has 0 aliphatic carbocycles. The number of nitrogens with zero attached hydrogens (tertiary/aromatic N) is 1. The summed E-state index contributed by atoms with van der Waals surface area (Å²) in [7, 11) is 0. The van der Waals surface area contributed by atoms with Gasteiger partial charge in [-0.05, 0) is 72.5 Å². The molecule has 3 heteroatoms. The third kappa shape index (κ3) is 5.41. The molecule has 1 atom stereocenters. The summed E-state index contributed by atoms with van der Waals surface area (Å²) in [6, 6.07) is 0. The highest BCUT2D eigenvalue weighted by atomic mass is 16.3. The molecule has 1 aliphatic rings. The van der Waals surface area contributed by atoms with Crippen LogP contribution in [0.1, 0.15) is 66.2 Å². The highest BCUT2D eigenvalue weighted by molar-refractivity contribution is 4.88. The second-order valence-corrected chi connectivity index (χ2v) is 7.01. The lowest BCUT2D eigenvalue weighted by Crippen LogP contribution is -2.46. The highest BCUT2D eigenvalue weighted by Gasteiger charge is 2.31. The Bertz CT molecular complexity index is 255. The zero-order chi connectivity index (χ0) is 14.4. The van der Waals surface area contributed by atoms with Gasteiger partial charge in [-0.3, -0.25) is 4.90 Å². The Morgan fingerprint density at radius 3 is 2.58 bits per heavy atom. The normalized spacial score (nSPS) is 22.6. The first-order valence-corrected chi connectivity index (χ1v) is 8.04. The first kappa shape index (κ1) is 16.9. The van der Waals surface area contributed by atoms with Gasteiger partial charge in [0, 0.05) is 11.1 Å². The number of hydrogen-bond donors (Lipinski definition) is 2. The third-order valence-corrected chi connectivity index (χ3v) is 4.63. The van der Waals surface area contributed by atoms with E-state index in [9.17, 15) is 5.11 Å². The minimum atomic E-state index is -0.0868. The van der Waals surface area contributed by atoms with Crippen LogP contribution in [0.5, 0.6) is 0 Å². The molecule has 1 rings (SSSR count). The molecule has 3 nitrogen and oxygen atoms in total. The lowest BCUT2D eigenvalue weighted by atomic mass is 9.95. The van der Waals surface area contributed by atoms with Crippen LogP contribution in [-0.2, 0) is 0 Å². The Hall–Kier alpha value is -0.120. The second-order valence-electron chi connectivity index (χ2n) is 7.01. The number of hydrogen-bond acceptors (Lipinski definition) is 3. The van der Waals surface area contributed by atoms with Crippen molar-refractivity contribution in [3.05, 3.63) is 0 Å². The Kier molecular flexibility index (Phi) is 6.78. The first-order valence-electron chi connectivity index (χ1n) is 8.04. The SMILES string of the molecule is CCCNC(C)(CO)CCCCN1CCCC1(C)C. The monoisotopic (exact) mass is 270 g/mol. The molecule has 2 N–H and O–H groups in total. The minimum Gasteiger partial charge on any atom is -0.394 e. The Morgan fingerprint density at radius 1 is 1.32 bits per heavy atom. The Morgan fingerprint density at radius 2 is 2.05 bits per heavy atom. The summed E-state index contributed by atoms with van der Waals surface area (Å²) in [5.41, 5.74) is 0.317. The molecule has 0 aromatic rings. The standard InChI is InChI=1S/C16H34N2O/c1-5-11-17-16(4,14-19)10-6-7-12-18-13-8-9-15(18,2)3/h17,19H,5-14H2,1-4H3. The van der Waals surface area contributed by atoms with Crippen molar-refractivity contribution in [3.8, 4) is 0 Å². The molecule has 19 heavy (non-hydrogen) atoms. The van der Waals surface area contributed by atoms with Crippen LogP contribution in [0.3, 0.4) is 0 Å². The predicted molar refractivity (Wildman–Crippen MR) is 82.5 cm³/mol. The molecule has 114 valence electrons. The molecule has 0 radical (unpaired) electrons. The fourth-order valence-electron chi connectivity index (χ4n) is 3.05. The van der Waals surface area contributed by atoms with Crippen LogP contribution < -0.4 is 5.32 Å². The zero-order valence-corrected chi connectivity index (χ0v) is 13.5. The molecule has 0 saturated carbocycles. The quantitative estimate of drug-likeness (QED) is 0.632. The van der Waals surface area contributed by atoms with Crippen LogP contribution in [-0.4, -0.2) is 47.3 Å². The molecule has 0 aromatic heterocycles. The predicted octanol–water partition coefficient (Wildman–Crippen LogP) is 2.78. The van der Waals surface area contributed by atoms with Gasteiger partial charge < -0.3 is 10.4 Å². The number of aliphatic hydroxyl groups is 1. The maximum absolute atomic E-state index is 9.53. The van der Waals surface area contributed by atoms with Gasteiger partial charge in [-0.15, -0.1) is 0 Å². The second kappa shape index (κ2) is 7.61. The maximum atomic E-state index is 9.53. The van der Waals surface area contributed by atoms with Crippen molar-refractivity contribution in [2.45, 2.75) is 77.3 Å². The molecule has 0 aromatic carbocycles. The van der Waals surface area contributed by atoms with Crippen LogP contribution in [0.2, 0.25) is 0 Å². The van der Waals surface area contributed by atoms with Crippen molar-refractivity contribution in [1.82, 2.24) is 10.2 Å². The van der Waals surface area contributed by atoms with Gasteiger partial charge in [0.05, 0.1) is 6.61 Å². The number of unbranched alkanes of at least 4 members (excludes halogenated alkanes) is 1. The fraction of sp³-hybridized carbons (Fsp3) is 1.00. The van der Waals surface area contributed by atoms with E-state index in [1.165, 1.54) is 38.8 Å². The molecular weight excluding hydrogens is 236 g/mol. The van der Waals surface area contributed by atoms with E-state index < -0.39 is 0 Å². The van der Waals surface area contributed by atoms with Crippen molar-refractivity contribution >= 4 is 0 Å². The summed E-state index contributed by atoms with van der Waals surface area (Å²) in [6.07, 6.45) is 7.31. The van der Waals surface area contributed by atoms with E-state index in [1.807, 2.05) is 0 Å². The van der Waals surface area contributed by atoms with Crippen molar-refractivity contribution in [1.29, 1.82) is 0 Å². The maximum Gasteiger partial charge on any atom is 0.0610 e. The van der Waals surface area contributed by atoms with Gasteiger partial charge in [0.15, 0.2) is 0 Å². The van der Waals surface area contributed by atoms with E-state index in [0.29, 0.717) is 5.54 Å². The van der Waals surface area contributed by atoms with E-state index in [2.05, 4.69) is 37.9 Å². The van der Waals surface area contributed by atoms with Gasteiger partial charge in [-0.2, -0.15) is 0 Å². The molecule has 1 heterocycles. The number of rotatable bonds is 9. The lowest BCUT2D eigenvalue weighted by Gasteiger charge is -2.32. The Balaban J connectivity index is 2.22. The van der Waals surface area contributed by atoms with Crippen LogP contribution in [0.15, 0.2) is 0 Å². The summed E-state index contributed by atoms with van der Waals surface area (Å²) < 4.78 is 0. The molecule has 1 aliphatic heterocycles. The van der Waals surface area contributed by atoms with Crippen LogP contribution in [0.4, 0.5) is 0 Å². The molecule has 1 unspecified atom stereocenters. The smallest absolute Gasteiger partial charge is 0.0610 e. The summed E-state index contributed by atoms with van der Waals surface area (Å²) in [6.45, 7) is 12.7. The van der Waals surface area contributed by atoms with Crippen molar-refractivity contribution < 1.29 is 5.11 Å². The summed E-state index contributed by atoms with van der Waals surface area (Å²) in [4.78, 5) is 2.63. The van der Waals surface area contributed by atoms with Gasteiger partial charge in [0.25, 0.3) is 0 Å². The van der Waals surface area contributed by atoms with Gasteiger partial charge in [0.2, 0.25) is 0 Å². The van der Waals surface area contributed by atoms with Crippen molar-refractivity contribution in [3.63, 3.8) is 0 Å². The molecule has 0 spiro atoms. The third-order valence-electron chi connectivity index (χ3n) is 4.63. The number of likely N-dealkylation sites (tertiary alicyclic amines) is 1. The van der Waals surface area contributed by atoms with E-state index in [-0.39, 0.29) is 12.1 Å². The van der Waals surface area contributed by atoms with Gasteiger partial charge in [-0.1, -0.05) is 13.3 Å². The van der Waals surface area contributed by atoms with Gasteiger partial charge >= 0.3 is 0 Å². The largest absolute Gasteiger partial charge is 0.394 e. The number of aliphatic hydroxyl groups excluding tert-OH is 1. The van der Waals surface area contributed by atoms with E-state index in [1.54, 1.807) is 0 Å². The Labute approximate surface area is 119 Å². The first-order chi connectivity index (χ1) is 8.93. The van der Waals surface area contributed by atoms with E-state index in [4.69, 9.17) is 0 Å². The number of nitrogens with one attached hydrogen (secondary N) is 1. The molecule has 1 saturated heterocycles. The van der Waals surface area contributed by atoms with Crippen molar-refractivity contribution in [2.75, 3.05) is 26.2 Å². The zero-order valence-electron chi connectivity index (χ0n) is 13.5. The van der Waals surface area contributed by atoms with E-state index in [0.717, 1.165) is 19.4 Å². The van der Waals surface area contributed by atoms with Crippen LogP contribution in [0, 0.1) is 0 Å². The molecular formula is C16H34N2O. The summed E-state index contributed by atoms with van der Waals surface area (Å²) in [5, 5.41) is 13.0. The van der Waals surface area contributed by atoms with Gasteiger partial charge in [0.1, 0.15) is 0 Å². The molecule has 0 bridgehead atoms. The average Bonchev–Trinajstić information content (AvgIpc) is 2.71. The molecule has 0 amide bonds. The summed E-state index contributed by atoms with van der Waals surface area (Å²) >= 11 is 0. The van der Waals surface area contributed by atoms with Crippen molar-refractivity contribution in [2.24, 2.45) is 0 Å². The van der Waals surface area contributed by atoms with Crippen LogP contribution >= 0.6 is 0 Å². The fourth-order valence-corrected chi connectivity index (χ4v) is 3.05. The average molecular weight is 270 g/mol. The topological polar surface area (TPSA) is 35.5 Å². The lowest BCUT2D eigenvalue weighted by molar-refractivity contribution is 0.150. The highest BCUT2D eigenvalue weighted by Crippen LogP contribution is 2.28. The minimum absolute atomic E-state index is 0.0868. The molecule has 1 fully saturated rings.